The number of fused-ring (bicyclic) bond motifs is 7. The Kier molecular flexibility index (Phi) is 6.84. The van der Waals surface area contributed by atoms with Crippen molar-refractivity contribution in [2.45, 2.75) is 105 Å². The maximum Gasteiger partial charge on any atom is 0.0594 e. The van der Waals surface area contributed by atoms with Crippen LogP contribution in [0.25, 0.3) is 0 Å². The third-order valence-corrected chi connectivity index (χ3v) is 14.1. The zero-order chi connectivity index (χ0) is 26.1. The van der Waals surface area contributed by atoms with Crippen molar-refractivity contribution in [3.63, 3.8) is 0 Å². The third kappa shape index (κ3) is 3.52. The molecule has 206 valence electrons. The van der Waals surface area contributed by atoms with Crippen LogP contribution in [0, 0.1) is 56.7 Å². The van der Waals surface area contributed by atoms with E-state index >= 15 is 0 Å². The minimum atomic E-state index is -0.170. The third-order valence-electron chi connectivity index (χ3n) is 14.1. The first-order chi connectivity index (χ1) is 16.9. The van der Waals surface area contributed by atoms with E-state index in [1.54, 1.807) is 0 Å². The van der Waals surface area contributed by atoms with Crippen LogP contribution in [0.2, 0.25) is 0 Å². The Morgan fingerprint density at radius 2 is 1.58 bits per heavy atom. The average Bonchev–Trinajstić information content (AvgIpc) is 3.22. The lowest BCUT2D eigenvalue weighted by Crippen LogP contribution is -2.66. The van der Waals surface area contributed by atoms with Gasteiger partial charge in [0.1, 0.15) is 0 Å². The molecule has 0 amide bonds. The van der Waals surface area contributed by atoms with E-state index < -0.39 is 0 Å². The minimum absolute atomic E-state index is 0.000545. The molecule has 0 bridgehead atoms. The molecule has 0 aliphatic heterocycles. The lowest BCUT2D eigenvalue weighted by molar-refractivity contribution is -0.249. The summed E-state index contributed by atoms with van der Waals surface area (Å²) in [4.78, 5) is 0. The molecule has 36 heavy (non-hydrogen) atoms. The fourth-order valence-corrected chi connectivity index (χ4v) is 11.9. The molecule has 0 radical (unpaired) electrons. The van der Waals surface area contributed by atoms with Crippen LogP contribution in [0.3, 0.4) is 0 Å². The van der Waals surface area contributed by atoms with Crippen molar-refractivity contribution in [2.75, 3.05) is 26.3 Å². The molecule has 5 saturated carbocycles. The van der Waals surface area contributed by atoms with Crippen LogP contribution >= 0.6 is 0 Å². The summed E-state index contributed by atoms with van der Waals surface area (Å²) in [7, 11) is 0. The summed E-state index contributed by atoms with van der Waals surface area (Å²) in [5.41, 5.74) is 2.26. The Morgan fingerprint density at radius 3 is 2.28 bits per heavy atom. The molecule has 0 aromatic carbocycles. The van der Waals surface area contributed by atoms with Gasteiger partial charge in [-0.2, -0.15) is 0 Å². The van der Waals surface area contributed by atoms with Crippen LogP contribution < -0.4 is 5.32 Å². The highest BCUT2D eigenvalue weighted by Crippen LogP contribution is 2.77. The molecular weight excluding hydrogens is 446 g/mol. The van der Waals surface area contributed by atoms with Crippen molar-refractivity contribution in [1.29, 1.82) is 0 Å². The number of rotatable bonds is 6. The summed E-state index contributed by atoms with van der Waals surface area (Å²) < 4.78 is 0. The number of hydrogen-bond acceptors (Lipinski definition) is 4. The van der Waals surface area contributed by atoms with Crippen LogP contribution in [0.1, 0.15) is 98.8 Å². The number of aliphatic hydroxyl groups excluding tert-OH is 3. The summed E-state index contributed by atoms with van der Waals surface area (Å²) in [5.74, 6) is 2.96. The first-order valence-electron chi connectivity index (χ1n) is 15.2. The van der Waals surface area contributed by atoms with Gasteiger partial charge < -0.3 is 20.6 Å². The smallest absolute Gasteiger partial charge is 0.0594 e. The normalized spacial score (nSPS) is 51.6. The van der Waals surface area contributed by atoms with Gasteiger partial charge in [0, 0.05) is 19.7 Å². The molecule has 1 unspecified atom stereocenters. The fraction of sp³-hybridized carbons (Fsp3) is 0.938. The summed E-state index contributed by atoms with van der Waals surface area (Å²) in [6, 6.07) is 0. The standard InChI is InChI=1S/C32H55NO3/c1-21(19-33-17-18-34)22-9-14-32(20-35)16-15-30(5)23(27(22)32)7-8-25-29(4)12-11-26(36)28(2,3)24(29)10-13-31(25,30)6/h22-27,33-36H,1,7-20H2,2-6H3/t22-,23+,24-,25+,26?,27+,29-,30+,31+,32+/m0/s1. The maximum absolute atomic E-state index is 11.0. The molecular formula is C32H55NO3. The van der Waals surface area contributed by atoms with Gasteiger partial charge in [0.05, 0.1) is 12.7 Å². The second-order valence-electron chi connectivity index (χ2n) is 15.3. The van der Waals surface area contributed by atoms with Crippen molar-refractivity contribution in [1.82, 2.24) is 5.32 Å². The first-order valence-corrected chi connectivity index (χ1v) is 15.2. The quantitative estimate of drug-likeness (QED) is 0.284. The van der Waals surface area contributed by atoms with E-state index in [9.17, 15) is 15.3 Å². The van der Waals surface area contributed by atoms with Gasteiger partial charge in [0.25, 0.3) is 0 Å². The van der Waals surface area contributed by atoms with Gasteiger partial charge in [0.2, 0.25) is 0 Å². The number of nitrogens with one attached hydrogen (secondary N) is 1. The number of aliphatic hydroxyl groups is 3. The highest BCUT2D eigenvalue weighted by atomic mass is 16.3. The van der Waals surface area contributed by atoms with E-state index in [0.29, 0.717) is 53.6 Å². The van der Waals surface area contributed by atoms with Crippen LogP contribution in [-0.2, 0) is 0 Å². The largest absolute Gasteiger partial charge is 0.396 e. The SMILES string of the molecule is C=C(CNCCO)[C@@H]1CC[C@]2(CO)CC[C@]3(C)[C@H](CC[C@@H]4[C@@]5(C)CCC(O)C(C)(C)[C@@H]5CC[C@]43C)[C@@H]12. The Bertz CT molecular complexity index is 856. The van der Waals surface area contributed by atoms with E-state index in [1.165, 1.54) is 44.1 Å². The Labute approximate surface area is 220 Å². The van der Waals surface area contributed by atoms with Crippen molar-refractivity contribution in [3.05, 3.63) is 12.2 Å². The van der Waals surface area contributed by atoms with Gasteiger partial charge in [-0.25, -0.2) is 0 Å². The van der Waals surface area contributed by atoms with E-state index in [1.807, 2.05) is 0 Å². The molecule has 0 aromatic heterocycles. The van der Waals surface area contributed by atoms with Crippen molar-refractivity contribution >= 4 is 0 Å². The highest BCUT2D eigenvalue weighted by molar-refractivity contribution is 5.22. The molecule has 0 saturated heterocycles. The molecule has 0 aromatic rings. The van der Waals surface area contributed by atoms with Crippen molar-refractivity contribution < 1.29 is 15.3 Å². The summed E-state index contributed by atoms with van der Waals surface area (Å²) in [6.07, 6.45) is 11.7. The van der Waals surface area contributed by atoms with Gasteiger partial charge in [-0.1, -0.05) is 46.8 Å². The number of hydrogen-bond donors (Lipinski definition) is 4. The van der Waals surface area contributed by atoms with Gasteiger partial charge in [-0.15, -0.1) is 0 Å². The zero-order valence-electron chi connectivity index (χ0n) is 23.9. The Morgan fingerprint density at radius 1 is 0.833 bits per heavy atom. The second-order valence-corrected chi connectivity index (χ2v) is 15.3. The summed E-state index contributed by atoms with van der Waals surface area (Å²) >= 11 is 0. The summed E-state index contributed by atoms with van der Waals surface area (Å²) in [5, 5.41) is 34.4. The molecule has 4 nitrogen and oxygen atoms in total. The van der Waals surface area contributed by atoms with Crippen LogP contribution in [-0.4, -0.2) is 47.7 Å². The van der Waals surface area contributed by atoms with E-state index in [4.69, 9.17) is 0 Å². The molecule has 5 rings (SSSR count). The van der Waals surface area contributed by atoms with Crippen molar-refractivity contribution in [2.24, 2.45) is 56.7 Å². The van der Waals surface area contributed by atoms with Crippen molar-refractivity contribution in [3.8, 4) is 0 Å². The van der Waals surface area contributed by atoms with E-state index in [0.717, 1.165) is 32.2 Å². The van der Waals surface area contributed by atoms with Crippen LogP contribution in [0.4, 0.5) is 0 Å². The average molecular weight is 502 g/mol. The zero-order valence-corrected chi connectivity index (χ0v) is 23.9. The topological polar surface area (TPSA) is 72.7 Å². The fourth-order valence-electron chi connectivity index (χ4n) is 11.9. The molecule has 5 fully saturated rings. The molecule has 4 heteroatoms. The maximum atomic E-state index is 11.0. The monoisotopic (exact) mass is 501 g/mol. The molecule has 0 heterocycles. The predicted octanol–water partition coefficient (Wildman–Crippen LogP) is 5.56. The first kappa shape index (κ1) is 27.2. The molecule has 0 spiro atoms. The van der Waals surface area contributed by atoms with Crippen LogP contribution in [0.15, 0.2) is 12.2 Å². The second kappa shape index (κ2) is 9.07. The predicted molar refractivity (Wildman–Crippen MR) is 146 cm³/mol. The molecule has 4 N–H and O–H groups in total. The van der Waals surface area contributed by atoms with Gasteiger partial charge in [0.15, 0.2) is 0 Å². The van der Waals surface area contributed by atoms with E-state index in [2.05, 4.69) is 46.5 Å². The summed E-state index contributed by atoms with van der Waals surface area (Å²) in [6.45, 7) is 19.0. The molecule has 5 aliphatic carbocycles. The Hall–Kier alpha value is -0.420. The van der Waals surface area contributed by atoms with Gasteiger partial charge in [-0.05, 0) is 121 Å². The minimum Gasteiger partial charge on any atom is -0.396 e. The van der Waals surface area contributed by atoms with E-state index in [-0.39, 0.29) is 29.0 Å². The van der Waals surface area contributed by atoms with Gasteiger partial charge >= 0.3 is 0 Å². The van der Waals surface area contributed by atoms with Gasteiger partial charge in [-0.3, -0.25) is 0 Å². The van der Waals surface area contributed by atoms with Crippen LogP contribution in [0.5, 0.6) is 0 Å². The lowest BCUT2D eigenvalue weighted by atomic mass is 9.32. The molecule has 10 atom stereocenters. The molecule has 5 aliphatic rings. The lowest BCUT2D eigenvalue weighted by Gasteiger charge is -2.73. The Balaban J connectivity index is 1.48. The highest BCUT2D eigenvalue weighted by Gasteiger charge is 2.70.